The molecular formula is C21H28N2O4S. The van der Waals surface area contributed by atoms with Crippen LogP contribution < -0.4 is 14.2 Å². The highest BCUT2D eigenvalue weighted by Crippen LogP contribution is 2.30. The van der Waals surface area contributed by atoms with Crippen LogP contribution in [0.3, 0.4) is 0 Å². The molecule has 2 aromatic rings. The number of rotatable bonds is 7. The molecule has 0 aromatic heterocycles. The highest BCUT2D eigenvalue weighted by Gasteiger charge is 2.23. The third-order valence-electron chi connectivity index (χ3n) is 5.14. The van der Waals surface area contributed by atoms with Gasteiger partial charge in [-0.25, -0.2) is 13.1 Å². The molecule has 1 N–H and O–H groups in total. The van der Waals surface area contributed by atoms with Gasteiger partial charge >= 0.3 is 0 Å². The fraction of sp³-hybridized carbons (Fsp3) is 0.429. The molecule has 3 rings (SSSR count). The van der Waals surface area contributed by atoms with Gasteiger partial charge in [0.2, 0.25) is 10.0 Å². The van der Waals surface area contributed by atoms with E-state index < -0.39 is 10.0 Å². The number of aryl methyl sites for hydroxylation is 2. The molecule has 0 fully saturated rings. The average molecular weight is 405 g/mol. The lowest BCUT2D eigenvalue weighted by Gasteiger charge is -2.25. The summed E-state index contributed by atoms with van der Waals surface area (Å²) in [4.78, 5) is 2.27. The van der Waals surface area contributed by atoms with Crippen LogP contribution in [-0.2, 0) is 16.4 Å². The Morgan fingerprint density at radius 1 is 1.18 bits per heavy atom. The zero-order valence-corrected chi connectivity index (χ0v) is 17.9. The standard InChI is InChI=1S/C21H28N2O4S/c1-14-10-18(11-15(2)21(14)26-5)28(24,25)22-13-19(23(3)4)16-6-7-20-17(12-16)8-9-27-20/h6-7,10-12,19,22H,8-9,13H2,1-5H3. The third-order valence-corrected chi connectivity index (χ3v) is 6.54. The number of fused-ring (bicyclic) bond motifs is 1. The van der Waals surface area contributed by atoms with E-state index in [1.54, 1.807) is 19.2 Å². The highest BCUT2D eigenvalue weighted by atomic mass is 32.2. The van der Waals surface area contributed by atoms with Gasteiger partial charge in [0.15, 0.2) is 0 Å². The summed E-state index contributed by atoms with van der Waals surface area (Å²) in [5, 5.41) is 0. The van der Waals surface area contributed by atoms with E-state index in [1.165, 1.54) is 5.56 Å². The van der Waals surface area contributed by atoms with Gasteiger partial charge in [0.05, 0.1) is 18.6 Å². The second-order valence-corrected chi connectivity index (χ2v) is 9.15. The van der Waals surface area contributed by atoms with E-state index in [4.69, 9.17) is 9.47 Å². The molecule has 6 nitrogen and oxygen atoms in total. The first-order chi connectivity index (χ1) is 13.2. The van der Waals surface area contributed by atoms with Crippen molar-refractivity contribution < 1.29 is 17.9 Å². The summed E-state index contributed by atoms with van der Waals surface area (Å²) in [6.45, 7) is 4.67. The van der Waals surface area contributed by atoms with Crippen LogP contribution in [0.25, 0.3) is 0 Å². The minimum absolute atomic E-state index is 0.0823. The van der Waals surface area contributed by atoms with Crippen LogP contribution in [0.2, 0.25) is 0 Å². The number of likely N-dealkylation sites (N-methyl/N-ethyl adjacent to an activating group) is 1. The highest BCUT2D eigenvalue weighted by molar-refractivity contribution is 7.89. The predicted octanol–water partition coefficient (Wildman–Crippen LogP) is 2.83. The number of nitrogens with one attached hydrogen (secondary N) is 1. The van der Waals surface area contributed by atoms with Crippen molar-refractivity contribution in [3.8, 4) is 11.5 Å². The van der Waals surface area contributed by atoms with E-state index in [-0.39, 0.29) is 17.5 Å². The Kier molecular flexibility index (Phi) is 5.98. The molecule has 0 saturated carbocycles. The maximum absolute atomic E-state index is 12.9. The fourth-order valence-electron chi connectivity index (χ4n) is 3.67. The van der Waals surface area contributed by atoms with Crippen LogP contribution in [-0.4, -0.2) is 47.7 Å². The number of hydrogen-bond donors (Lipinski definition) is 1. The van der Waals surface area contributed by atoms with Crippen LogP contribution >= 0.6 is 0 Å². The van der Waals surface area contributed by atoms with Crippen molar-refractivity contribution in [2.24, 2.45) is 0 Å². The first-order valence-electron chi connectivity index (χ1n) is 9.30. The van der Waals surface area contributed by atoms with E-state index in [0.717, 1.165) is 28.9 Å². The van der Waals surface area contributed by atoms with E-state index in [9.17, 15) is 8.42 Å². The maximum Gasteiger partial charge on any atom is 0.240 e. The molecule has 28 heavy (non-hydrogen) atoms. The molecule has 152 valence electrons. The first-order valence-corrected chi connectivity index (χ1v) is 10.8. The number of nitrogens with zero attached hydrogens (tertiary/aromatic N) is 1. The van der Waals surface area contributed by atoms with Crippen molar-refractivity contribution in [1.82, 2.24) is 9.62 Å². The monoisotopic (exact) mass is 404 g/mol. The zero-order valence-electron chi connectivity index (χ0n) is 17.1. The lowest BCUT2D eigenvalue weighted by molar-refractivity contribution is 0.299. The molecule has 2 aromatic carbocycles. The van der Waals surface area contributed by atoms with Crippen LogP contribution in [0.1, 0.15) is 28.3 Å². The van der Waals surface area contributed by atoms with Crippen LogP contribution in [0.4, 0.5) is 0 Å². The van der Waals surface area contributed by atoms with Gasteiger partial charge in [-0.15, -0.1) is 0 Å². The lowest BCUT2D eigenvalue weighted by Crippen LogP contribution is -2.34. The van der Waals surface area contributed by atoms with Crippen LogP contribution in [0.5, 0.6) is 11.5 Å². The lowest BCUT2D eigenvalue weighted by atomic mass is 10.0. The number of hydrogen-bond acceptors (Lipinski definition) is 5. The molecule has 1 heterocycles. The van der Waals surface area contributed by atoms with Gasteiger partial charge in [0.1, 0.15) is 11.5 Å². The minimum Gasteiger partial charge on any atom is -0.496 e. The van der Waals surface area contributed by atoms with Gasteiger partial charge in [-0.3, -0.25) is 0 Å². The van der Waals surface area contributed by atoms with Gasteiger partial charge in [-0.05, 0) is 68.4 Å². The fourth-order valence-corrected chi connectivity index (χ4v) is 4.88. The Morgan fingerprint density at radius 3 is 2.46 bits per heavy atom. The molecule has 0 radical (unpaired) electrons. The summed E-state index contributed by atoms with van der Waals surface area (Å²) in [6, 6.07) is 9.30. The summed E-state index contributed by atoms with van der Waals surface area (Å²) < 4.78 is 39.5. The van der Waals surface area contributed by atoms with Crippen molar-refractivity contribution in [3.05, 3.63) is 52.6 Å². The second kappa shape index (κ2) is 8.11. The van der Waals surface area contributed by atoms with E-state index in [2.05, 4.69) is 10.8 Å². The molecule has 0 aliphatic carbocycles. The van der Waals surface area contributed by atoms with Gasteiger partial charge in [0.25, 0.3) is 0 Å². The van der Waals surface area contributed by atoms with Gasteiger partial charge in [-0.1, -0.05) is 12.1 Å². The van der Waals surface area contributed by atoms with Crippen LogP contribution in [0.15, 0.2) is 35.2 Å². The Balaban J connectivity index is 1.82. The quantitative estimate of drug-likeness (QED) is 0.769. The number of ether oxygens (including phenoxy) is 2. The SMILES string of the molecule is COc1c(C)cc(S(=O)(=O)NCC(c2ccc3c(c2)CCO3)N(C)C)cc1C. The van der Waals surface area contributed by atoms with E-state index in [0.29, 0.717) is 12.4 Å². The second-order valence-electron chi connectivity index (χ2n) is 7.39. The maximum atomic E-state index is 12.9. The smallest absolute Gasteiger partial charge is 0.240 e. The Bertz CT molecular complexity index is 947. The Morgan fingerprint density at radius 2 is 1.86 bits per heavy atom. The van der Waals surface area contributed by atoms with Gasteiger partial charge < -0.3 is 14.4 Å². The Labute approximate surface area is 167 Å². The predicted molar refractivity (Wildman–Crippen MR) is 110 cm³/mol. The molecule has 0 amide bonds. The zero-order chi connectivity index (χ0) is 20.5. The van der Waals surface area contributed by atoms with E-state index in [1.807, 2.05) is 45.0 Å². The summed E-state index contributed by atoms with van der Waals surface area (Å²) >= 11 is 0. The molecule has 1 aliphatic rings. The topological polar surface area (TPSA) is 67.9 Å². The number of methoxy groups -OCH3 is 1. The minimum atomic E-state index is -3.64. The molecule has 0 bridgehead atoms. The van der Waals surface area contributed by atoms with Crippen molar-refractivity contribution in [2.75, 3.05) is 34.4 Å². The molecule has 0 spiro atoms. The summed E-state index contributed by atoms with van der Waals surface area (Å²) in [7, 11) is 1.85. The third kappa shape index (κ3) is 4.16. The van der Waals surface area contributed by atoms with E-state index >= 15 is 0 Å². The van der Waals surface area contributed by atoms with Gasteiger partial charge in [-0.2, -0.15) is 0 Å². The normalized spacial score (nSPS) is 14.6. The first kappa shape index (κ1) is 20.6. The number of benzene rings is 2. The summed E-state index contributed by atoms with van der Waals surface area (Å²) in [5.74, 6) is 1.64. The van der Waals surface area contributed by atoms with Crippen LogP contribution in [0, 0.1) is 13.8 Å². The summed E-state index contributed by atoms with van der Waals surface area (Å²) in [6.07, 6.45) is 0.888. The molecule has 0 saturated heterocycles. The number of sulfonamides is 1. The molecule has 1 atom stereocenters. The molecule has 1 aliphatic heterocycles. The Hall–Kier alpha value is -2.09. The summed E-state index contributed by atoms with van der Waals surface area (Å²) in [5.41, 5.74) is 3.84. The van der Waals surface area contributed by atoms with Crippen molar-refractivity contribution in [2.45, 2.75) is 31.2 Å². The average Bonchev–Trinajstić information content (AvgIpc) is 3.09. The molecule has 7 heteroatoms. The van der Waals surface area contributed by atoms with Crippen molar-refractivity contribution in [1.29, 1.82) is 0 Å². The molecule has 1 unspecified atom stereocenters. The largest absolute Gasteiger partial charge is 0.496 e. The molecular weight excluding hydrogens is 376 g/mol. The van der Waals surface area contributed by atoms with Crippen molar-refractivity contribution >= 4 is 10.0 Å². The van der Waals surface area contributed by atoms with Gasteiger partial charge in [0, 0.05) is 19.0 Å². The van der Waals surface area contributed by atoms with Crippen molar-refractivity contribution in [3.63, 3.8) is 0 Å².